The lowest BCUT2D eigenvalue weighted by atomic mass is 10.1. The highest BCUT2D eigenvalue weighted by Gasteiger charge is 2.17. The zero-order valence-electron chi connectivity index (χ0n) is 16.7. The number of carbonyl (C=O) groups excluding carboxylic acids is 1. The monoisotopic (exact) mass is 436 g/mol. The molecule has 1 aromatic heterocycles. The van der Waals surface area contributed by atoms with Crippen LogP contribution < -0.4 is 15.8 Å². The highest BCUT2D eigenvalue weighted by Crippen LogP contribution is 2.22. The first-order chi connectivity index (χ1) is 14.1. The lowest BCUT2D eigenvalue weighted by molar-refractivity contribution is 0.0369. The van der Waals surface area contributed by atoms with Crippen molar-refractivity contribution in [3.05, 3.63) is 38.7 Å². The number of hydrogen-bond acceptors (Lipinski definition) is 7. The molecule has 1 aromatic carbocycles. The molecule has 1 saturated heterocycles. The third kappa shape index (κ3) is 6.02. The van der Waals surface area contributed by atoms with Gasteiger partial charge < -0.3 is 25.1 Å². The Kier molecular flexibility index (Phi) is 8.05. The average Bonchev–Trinajstić information content (AvgIpc) is 3.03. The van der Waals surface area contributed by atoms with E-state index < -0.39 is 0 Å². The minimum Gasteiger partial charge on any atom is -0.497 e. The molecule has 158 valence electrons. The summed E-state index contributed by atoms with van der Waals surface area (Å²) in [7, 11) is 1.64. The second-order valence-corrected chi connectivity index (χ2v) is 8.54. The first kappa shape index (κ1) is 21.8. The Balaban J connectivity index is 1.49. The second-order valence-electron chi connectivity index (χ2n) is 6.90. The number of nitrogens with zero attached hydrogens (tertiary/aromatic N) is 2. The van der Waals surface area contributed by atoms with Crippen LogP contribution in [0.3, 0.4) is 0 Å². The molecule has 0 unspecified atom stereocenters. The number of thiazole rings is 1. The van der Waals surface area contributed by atoms with Crippen LogP contribution in [0.5, 0.6) is 5.75 Å². The van der Waals surface area contributed by atoms with E-state index in [-0.39, 0.29) is 5.91 Å². The van der Waals surface area contributed by atoms with Crippen molar-refractivity contribution in [3.8, 4) is 5.75 Å². The third-order valence-corrected chi connectivity index (χ3v) is 6.42. The molecule has 7 nitrogen and oxygen atoms in total. The zero-order valence-corrected chi connectivity index (χ0v) is 18.3. The Morgan fingerprint density at radius 1 is 1.28 bits per heavy atom. The van der Waals surface area contributed by atoms with Gasteiger partial charge in [-0.3, -0.25) is 9.69 Å². The van der Waals surface area contributed by atoms with Crippen molar-refractivity contribution in [2.45, 2.75) is 19.4 Å². The van der Waals surface area contributed by atoms with Crippen molar-refractivity contribution < 1.29 is 14.3 Å². The molecular weight excluding hydrogens is 408 g/mol. The number of rotatable bonds is 9. The van der Waals surface area contributed by atoms with Gasteiger partial charge >= 0.3 is 0 Å². The van der Waals surface area contributed by atoms with E-state index in [2.05, 4.69) is 10.2 Å². The molecule has 0 spiro atoms. The third-order valence-electron chi connectivity index (χ3n) is 4.96. The molecule has 3 rings (SSSR count). The van der Waals surface area contributed by atoms with Crippen LogP contribution in [0.1, 0.15) is 21.7 Å². The number of amides is 1. The number of nitrogens with one attached hydrogen (secondary N) is 1. The quantitative estimate of drug-likeness (QED) is 0.588. The summed E-state index contributed by atoms with van der Waals surface area (Å²) >= 11 is 6.72. The summed E-state index contributed by atoms with van der Waals surface area (Å²) in [6, 6.07) is 7.82. The number of anilines is 1. The number of aromatic nitrogens is 1. The number of morpholine rings is 1. The van der Waals surface area contributed by atoms with Crippen LogP contribution in [-0.2, 0) is 17.7 Å². The largest absolute Gasteiger partial charge is 0.497 e. The van der Waals surface area contributed by atoms with Gasteiger partial charge in [0.05, 0.1) is 20.3 Å². The molecule has 2 aromatic rings. The van der Waals surface area contributed by atoms with Gasteiger partial charge in [0.2, 0.25) is 0 Å². The summed E-state index contributed by atoms with van der Waals surface area (Å²) in [4.78, 5) is 15.4. The van der Waals surface area contributed by atoms with Crippen LogP contribution in [0, 0.1) is 3.95 Å². The van der Waals surface area contributed by atoms with Gasteiger partial charge in [0, 0.05) is 32.7 Å². The molecule has 0 saturated carbocycles. The second kappa shape index (κ2) is 10.7. The van der Waals surface area contributed by atoms with Crippen LogP contribution >= 0.6 is 23.6 Å². The topological polar surface area (TPSA) is 81.8 Å². The lowest BCUT2D eigenvalue weighted by Gasteiger charge is -2.26. The fourth-order valence-corrected chi connectivity index (χ4v) is 4.55. The molecule has 9 heteroatoms. The van der Waals surface area contributed by atoms with Gasteiger partial charge in [0.15, 0.2) is 3.95 Å². The summed E-state index contributed by atoms with van der Waals surface area (Å²) in [5.41, 5.74) is 7.37. The summed E-state index contributed by atoms with van der Waals surface area (Å²) < 4.78 is 13.0. The Morgan fingerprint density at radius 2 is 2.00 bits per heavy atom. The zero-order chi connectivity index (χ0) is 20.6. The molecule has 0 atom stereocenters. The van der Waals surface area contributed by atoms with Gasteiger partial charge in [-0.15, -0.1) is 0 Å². The Hall–Kier alpha value is -1.94. The number of nitrogens with two attached hydrogens (primary N) is 1. The molecule has 0 radical (unpaired) electrons. The number of carbonyl (C=O) groups is 1. The van der Waals surface area contributed by atoms with Gasteiger partial charge in [-0.25, -0.2) is 0 Å². The molecule has 3 N–H and O–H groups in total. The van der Waals surface area contributed by atoms with Crippen molar-refractivity contribution in [2.24, 2.45) is 0 Å². The number of methoxy groups -OCH3 is 1. The van der Waals surface area contributed by atoms with Crippen molar-refractivity contribution in [3.63, 3.8) is 0 Å². The Labute approximate surface area is 180 Å². The molecule has 1 aliphatic rings. The summed E-state index contributed by atoms with van der Waals surface area (Å²) in [6.45, 7) is 5.74. The normalized spacial score (nSPS) is 14.7. The minimum absolute atomic E-state index is 0.168. The molecule has 29 heavy (non-hydrogen) atoms. The SMILES string of the molecule is COc1ccc(CCNC(=O)c2sc(=S)n(CCCN3CCOCC3)c2N)cc1. The number of nitrogen functional groups attached to an aromatic ring is 1. The van der Waals surface area contributed by atoms with Crippen molar-refractivity contribution in [1.29, 1.82) is 0 Å². The van der Waals surface area contributed by atoms with Crippen LogP contribution in [0.2, 0.25) is 0 Å². The van der Waals surface area contributed by atoms with Crippen molar-refractivity contribution in [2.75, 3.05) is 52.2 Å². The summed E-state index contributed by atoms with van der Waals surface area (Å²) in [5, 5.41) is 2.94. The number of hydrogen-bond donors (Lipinski definition) is 2. The molecule has 0 aliphatic carbocycles. The van der Waals surface area contributed by atoms with Gasteiger partial charge in [-0.05, 0) is 42.8 Å². The Bertz CT molecular complexity index is 858. The molecule has 0 bridgehead atoms. The van der Waals surface area contributed by atoms with E-state index in [1.165, 1.54) is 11.3 Å². The Morgan fingerprint density at radius 3 is 2.69 bits per heavy atom. The minimum atomic E-state index is -0.168. The van der Waals surface area contributed by atoms with Crippen molar-refractivity contribution in [1.82, 2.24) is 14.8 Å². The summed E-state index contributed by atoms with van der Waals surface area (Å²) in [5.74, 6) is 1.11. The molecular formula is C20H28N4O3S2. The number of benzene rings is 1. The maximum Gasteiger partial charge on any atom is 0.265 e. The highest BCUT2D eigenvalue weighted by atomic mass is 32.1. The van der Waals surface area contributed by atoms with Gasteiger partial charge in [-0.1, -0.05) is 23.5 Å². The first-order valence-electron chi connectivity index (χ1n) is 9.79. The van der Waals surface area contributed by atoms with Crippen LogP contribution in [0.25, 0.3) is 0 Å². The lowest BCUT2D eigenvalue weighted by Crippen LogP contribution is -2.37. The maximum atomic E-state index is 12.6. The van der Waals surface area contributed by atoms with E-state index in [0.29, 0.717) is 21.2 Å². The molecule has 1 aliphatic heterocycles. The fraction of sp³-hybridized carbons (Fsp3) is 0.500. The molecule has 2 heterocycles. The first-order valence-corrected chi connectivity index (χ1v) is 11.0. The van der Waals surface area contributed by atoms with Gasteiger partial charge in [0.25, 0.3) is 5.91 Å². The van der Waals surface area contributed by atoms with E-state index in [1.807, 2.05) is 28.8 Å². The van der Waals surface area contributed by atoms with E-state index in [1.54, 1.807) is 7.11 Å². The fourth-order valence-electron chi connectivity index (χ4n) is 3.26. The molecule has 1 amide bonds. The van der Waals surface area contributed by atoms with E-state index in [4.69, 9.17) is 27.4 Å². The van der Waals surface area contributed by atoms with Crippen molar-refractivity contribution >= 4 is 35.3 Å². The smallest absolute Gasteiger partial charge is 0.265 e. The predicted octanol–water partition coefficient (Wildman–Crippen LogP) is 2.56. The summed E-state index contributed by atoms with van der Waals surface area (Å²) in [6.07, 6.45) is 1.68. The maximum absolute atomic E-state index is 12.6. The van der Waals surface area contributed by atoms with Gasteiger partial charge in [0.1, 0.15) is 16.4 Å². The molecule has 1 fully saturated rings. The number of ether oxygens (including phenoxy) is 2. The van der Waals surface area contributed by atoms with E-state index in [9.17, 15) is 4.79 Å². The predicted molar refractivity (Wildman–Crippen MR) is 118 cm³/mol. The van der Waals surface area contributed by atoms with E-state index >= 15 is 0 Å². The van der Waals surface area contributed by atoms with Gasteiger partial charge in [-0.2, -0.15) is 0 Å². The van der Waals surface area contributed by atoms with E-state index in [0.717, 1.165) is 63.5 Å². The average molecular weight is 437 g/mol. The van der Waals surface area contributed by atoms with Crippen LogP contribution in [-0.4, -0.2) is 61.9 Å². The standard InChI is InChI=1S/C20H28N4O3S2/c1-26-16-5-3-15(4-6-16)7-8-22-19(25)17-18(21)24(20(28)29-17)10-2-9-23-11-13-27-14-12-23/h3-6H,2,7-14,21H2,1H3,(H,22,25). The van der Waals surface area contributed by atoms with Crippen LogP contribution in [0.4, 0.5) is 5.82 Å². The highest BCUT2D eigenvalue weighted by molar-refractivity contribution is 7.73. The van der Waals surface area contributed by atoms with Crippen LogP contribution in [0.15, 0.2) is 24.3 Å².